The number of carboxylic acids is 1. The molecule has 1 aliphatic rings. The molecule has 7 heteroatoms. The van der Waals surface area contributed by atoms with Crippen LogP contribution in [-0.2, 0) is 4.79 Å². The van der Waals surface area contributed by atoms with Gasteiger partial charge >= 0.3 is 5.97 Å². The Labute approximate surface area is 127 Å². The van der Waals surface area contributed by atoms with E-state index in [2.05, 4.69) is 15.3 Å². The summed E-state index contributed by atoms with van der Waals surface area (Å²) in [5, 5.41) is 12.7. The highest BCUT2D eigenvalue weighted by Crippen LogP contribution is 2.26. The van der Waals surface area contributed by atoms with E-state index in [1.165, 1.54) is 11.8 Å². The van der Waals surface area contributed by atoms with Gasteiger partial charge in [-0.25, -0.2) is 14.8 Å². The highest BCUT2D eigenvalue weighted by atomic mass is 32.2. The minimum Gasteiger partial charge on any atom is -0.478 e. The summed E-state index contributed by atoms with van der Waals surface area (Å²) >= 11 is 1.37. The second-order valence-corrected chi connectivity index (χ2v) is 6.43. The molecule has 2 rings (SSSR count). The molecule has 1 amide bonds. The Hall–Kier alpha value is -1.63. The van der Waals surface area contributed by atoms with Crippen molar-refractivity contribution < 1.29 is 14.7 Å². The van der Waals surface area contributed by atoms with Crippen LogP contribution in [0.1, 0.15) is 54.5 Å². The molecule has 2 heterocycles. The summed E-state index contributed by atoms with van der Waals surface area (Å²) in [4.78, 5) is 31.3. The second kappa shape index (κ2) is 6.43. The molecule has 1 unspecified atom stereocenters. The number of carboxylic acid groups (broad SMARTS) is 1. The second-order valence-electron chi connectivity index (χ2n) is 5.42. The van der Waals surface area contributed by atoms with E-state index in [4.69, 9.17) is 0 Å². The number of carbonyl (C=O) groups is 2. The van der Waals surface area contributed by atoms with Gasteiger partial charge in [0.1, 0.15) is 16.4 Å². The van der Waals surface area contributed by atoms with Gasteiger partial charge in [-0.1, -0.05) is 13.8 Å². The predicted octanol–water partition coefficient (Wildman–Crippen LogP) is 1.98. The first-order chi connectivity index (χ1) is 9.88. The van der Waals surface area contributed by atoms with Crippen LogP contribution in [0.15, 0.2) is 5.03 Å². The number of amides is 1. The lowest BCUT2D eigenvalue weighted by Gasteiger charge is -2.14. The third-order valence-corrected chi connectivity index (χ3v) is 4.45. The summed E-state index contributed by atoms with van der Waals surface area (Å²) in [6.07, 6.45) is 1.33. The van der Waals surface area contributed by atoms with E-state index in [9.17, 15) is 14.7 Å². The van der Waals surface area contributed by atoms with Gasteiger partial charge in [0.15, 0.2) is 0 Å². The number of aryl methyl sites for hydroxylation is 1. The van der Waals surface area contributed by atoms with Crippen molar-refractivity contribution in [3.8, 4) is 0 Å². The molecule has 1 aliphatic heterocycles. The molecular formula is C14H19N3O3S. The Morgan fingerprint density at radius 2 is 2.19 bits per heavy atom. The number of rotatable bonds is 5. The molecule has 1 atom stereocenters. The van der Waals surface area contributed by atoms with Crippen molar-refractivity contribution in [2.45, 2.75) is 50.6 Å². The lowest BCUT2D eigenvalue weighted by atomic mass is 10.2. The number of aromatic carboxylic acids is 1. The predicted molar refractivity (Wildman–Crippen MR) is 79.7 cm³/mol. The van der Waals surface area contributed by atoms with E-state index in [0.717, 1.165) is 6.42 Å². The number of carbonyl (C=O) groups excluding carboxylic acids is 1. The van der Waals surface area contributed by atoms with Crippen molar-refractivity contribution in [1.82, 2.24) is 15.3 Å². The summed E-state index contributed by atoms with van der Waals surface area (Å²) in [5.41, 5.74) is 0.646. The van der Waals surface area contributed by atoms with E-state index >= 15 is 0 Å². The highest BCUT2D eigenvalue weighted by molar-refractivity contribution is 7.99. The van der Waals surface area contributed by atoms with Crippen molar-refractivity contribution in [3.05, 3.63) is 17.1 Å². The largest absolute Gasteiger partial charge is 0.478 e. The van der Waals surface area contributed by atoms with Gasteiger partial charge in [0, 0.05) is 24.1 Å². The van der Waals surface area contributed by atoms with E-state index < -0.39 is 5.97 Å². The van der Waals surface area contributed by atoms with Crippen molar-refractivity contribution in [2.75, 3.05) is 5.75 Å². The van der Waals surface area contributed by atoms with Crippen molar-refractivity contribution in [3.63, 3.8) is 0 Å². The fourth-order valence-corrected chi connectivity index (χ4v) is 3.30. The maximum atomic E-state index is 11.4. The Morgan fingerprint density at radius 3 is 2.71 bits per heavy atom. The Kier molecular flexibility index (Phi) is 4.82. The number of nitrogens with zero attached hydrogens (tertiary/aromatic N) is 2. The first-order valence-electron chi connectivity index (χ1n) is 6.92. The number of thioether (sulfide) groups is 1. The number of hydrogen-bond donors (Lipinski definition) is 2. The summed E-state index contributed by atoms with van der Waals surface area (Å²) in [6.45, 7) is 5.64. The summed E-state index contributed by atoms with van der Waals surface area (Å²) < 4.78 is 0. The minimum absolute atomic E-state index is 0.0563. The molecule has 114 valence electrons. The zero-order valence-corrected chi connectivity index (χ0v) is 13.2. The van der Waals surface area contributed by atoms with Crippen LogP contribution in [0.2, 0.25) is 0 Å². The van der Waals surface area contributed by atoms with Gasteiger partial charge in [0.25, 0.3) is 0 Å². The molecule has 1 aromatic rings. The Bertz CT molecular complexity index is 575. The van der Waals surface area contributed by atoms with Crippen molar-refractivity contribution >= 4 is 23.6 Å². The van der Waals surface area contributed by atoms with Crippen LogP contribution < -0.4 is 5.32 Å². The molecule has 1 fully saturated rings. The fourth-order valence-electron chi connectivity index (χ4n) is 2.16. The van der Waals surface area contributed by atoms with E-state index in [-0.39, 0.29) is 23.4 Å². The summed E-state index contributed by atoms with van der Waals surface area (Å²) in [7, 11) is 0. The number of aromatic nitrogens is 2. The molecule has 1 saturated heterocycles. The Morgan fingerprint density at radius 1 is 1.48 bits per heavy atom. The average molecular weight is 309 g/mol. The van der Waals surface area contributed by atoms with Crippen molar-refractivity contribution in [1.29, 1.82) is 0 Å². The average Bonchev–Trinajstić information content (AvgIpc) is 2.80. The zero-order chi connectivity index (χ0) is 15.6. The molecule has 0 aromatic carbocycles. The fraction of sp³-hybridized carbons (Fsp3) is 0.571. The molecule has 0 radical (unpaired) electrons. The standard InChI is InChI=1S/C14H19N3O3S/c1-7(2)12-15-8(3)11(14(19)20)13(17-12)21-6-9-4-5-10(18)16-9/h7,9H,4-6H2,1-3H3,(H,16,18)(H,19,20). The van der Waals surface area contributed by atoms with Crippen LogP contribution in [0.25, 0.3) is 0 Å². The van der Waals surface area contributed by atoms with Crippen LogP contribution >= 0.6 is 11.8 Å². The molecule has 0 aliphatic carbocycles. The van der Waals surface area contributed by atoms with E-state index in [1.54, 1.807) is 6.92 Å². The highest BCUT2D eigenvalue weighted by Gasteiger charge is 2.24. The van der Waals surface area contributed by atoms with Crippen LogP contribution in [0.5, 0.6) is 0 Å². The minimum atomic E-state index is -1.01. The van der Waals surface area contributed by atoms with Gasteiger partial charge in [-0.3, -0.25) is 4.79 Å². The zero-order valence-electron chi connectivity index (χ0n) is 12.3. The molecule has 2 N–H and O–H groups in total. The van der Waals surface area contributed by atoms with Gasteiger partial charge in [-0.15, -0.1) is 11.8 Å². The molecule has 0 bridgehead atoms. The molecule has 6 nitrogen and oxygen atoms in total. The summed E-state index contributed by atoms with van der Waals surface area (Å²) in [6, 6.07) is 0.0851. The van der Waals surface area contributed by atoms with Gasteiger partial charge in [0.2, 0.25) is 5.91 Å². The molecule has 1 aromatic heterocycles. The van der Waals surface area contributed by atoms with Crippen LogP contribution in [0.4, 0.5) is 0 Å². The molecule has 21 heavy (non-hydrogen) atoms. The quantitative estimate of drug-likeness (QED) is 0.638. The van der Waals surface area contributed by atoms with Gasteiger partial charge < -0.3 is 10.4 Å². The maximum Gasteiger partial charge on any atom is 0.340 e. The third kappa shape index (κ3) is 3.72. The van der Waals surface area contributed by atoms with Crippen LogP contribution in [0.3, 0.4) is 0 Å². The van der Waals surface area contributed by atoms with Gasteiger partial charge in [-0.05, 0) is 13.3 Å². The smallest absolute Gasteiger partial charge is 0.340 e. The van der Waals surface area contributed by atoms with Crippen LogP contribution in [0, 0.1) is 6.92 Å². The van der Waals surface area contributed by atoms with Gasteiger partial charge in [-0.2, -0.15) is 0 Å². The molecule has 0 spiro atoms. The lowest BCUT2D eigenvalue weighted by molar-refractivity contribution is -0.119. The molecular weight excluding hydrogens is 290 g/mol. The first kappa shape index (κ1) is 15.8. The Balaban J connectivity index is 2.22. The topological polar surface area (TPSA) is 92.2 Å². The van der Waals surface area contributed by atoms with Crippen molar-refractivity contribution in [2.24, 2.45) is 0 Å². The van der Waals surface area contributed by atoms with Gasteiger partial charge in [0.05, 0.1) is 5.69 Å². The van der Waals surface area contributed by atoms with E-state index in [1.807, 2.05) is 13.8 Å². The molecule has 0 saturated carbocycles. The summed E-state index contributed by atoms with van der Waals surface area (Å²) in [5.74, 6) is 0.453. The lowest BCUT2D eigenvalue weighted by Crippen LogP contribution is -2.27. The SMILES string of the molecule is Cc1nc(C(C)C)nc(SCC2CCC(=O)N2)c1C(=O)O. The monoisotopic (exact) mass is 309 g/mol. The number of nitrogens with one attached hydrogen (secondary N) is 1. The third-order valence-electron chi connectivity index (χ3n) is 3.31. The van der Waals surface area contributed by atoms with Crippen LogP contribution in [-0.4, -0.2) is 38.7 Å². The maximum absolute atomic E-state index is 11.4. The van der Waals surface area contributed by atoms with E-state index in [0.29, 0.717) is 28.7 Å². The normalized spacial score (nSPS) is 18.1. The number of hydrogen-bond acceptors (Lipinski definition) is 5. The first-order valence-corrected chi connectivity index (χ1v) is 7.91.